The number of likely N-dealkylation sites (N-methyl/N-ethyl adjacent to an activating group) is 1. The predicted octanol–water partition coefficient (Wildman–Crippen LogP) is 2.97. The molecule has 1 unspecified atom stereocenters. The average Bonchev–Trinajstić information content (AvgIpc) is 2.46. The molecule has 0 bridgehead atoms. The van der Waals surface area contributed by atoms with Crippen LogP contribution in [0.5, 0.6) is 0 Å². The highest BCUT2D eigenvalue weighted by atomic mass is 16.4. The van der Waals surface area contributed by atoms with Crippen molar-refractivity contribution in [2.45, 2.75) is 31.7 Å². The molecule has 0 aliphatic heterocycles. The fourth-order valence-electron chi connectivity index (χ4n) is 2.57. The average molecular weight is 259 g/mol. The van der Waals surface area contributed by atoms with E-state index in [0.29, 0.717) is 11.6 Å². The van der Waals surface area contributed by atoms with Gasteiger partial charge in [-0.2, -0.15) is 0 Å². The van der Waals surface area contributed by atoms with Gasteiger partial charge in [0, 0.05) is 12.6 Å². The van der Waals surface area contributed by atoms with Crippen LogP contribution in [0, 0.1) is 0 Å². The summed E-state index contributed by atoms with van der Waals surface area (Å²) in [6, 6.07) is 7.78. The summed E-state index contributed by atoms with van der Waals surface area (Å²) in [5.41, 5.74) is 1.34. The molecule has 1 N–H and O–H groups in total. The molecule has 0 heterocycles. The number of carboxylic acids is 1. The Balaban J connectivity index is 1.96. The van der Waals surface area contributed by atoms with Crippen LogP contribution in [0.2, 0.25) is 0 Å². The van der Waals surface area contributed by atoms with E-state index in [4.69, 9.17) is 5.11 Å². The fraction of sp³-hybridized carbons (Fsp3) is 0.438. The van der Waals surface area contributed by atoms with Crippen LogP contribution in [0.1, 0.15) is 35.2 Å². The smallest absolute Gasteiger partial charge is 0.335 e. The SMILES string of the molecule is CN(CCc1ccccc1C(=O)O)C1C=CCCC1. The summed E-state index contributed by atoms with van der Waals surface area (Å²) < 4.78 is 0. The summed E-state index contributed by atoms with van der Waals surface area (Å²) in [5.74, 6) is -0.837. The fourth-order valence-corrected chi connectivity index (χ4v) is 2.57. The van der Waals surface area contributed by atoms with Crippen molar-refractivity contribution >= 4 is 5.97 Å². The molecule has 0 saturated carbocycles. The van der Waals surface area contributed by atoms with E-state index >= 15 is 0 Å². The number of carboxylic acid groups (broad SMARTS) is 1. The van der Waals surface area contributed by atoms with E-state index in [2.05, 4.69) is 24.1 Å². The molecular weight excluding hydrogens is 238 g/mol. The molecular formula is C16H21NO2. The molecule has 0 amide bonds. The second-order valence-corrected chi connectivity index (χ2v) is 5.12. The minimum absolute atomic E-state index is 0.426. The standard InChI is InChI=1S/C16H21NO2/c1-17(14-8-3-2-4-9-14)12-11-13-7-5-6-10-15(13)16(18)19/h3,5-8,10,14H,2,4,9,11-12H2,1H3,(H,18,19). The number of hydrogen-bond acceptors (Lipinski definition) is 2. The van der Waals surface area contributed by atoms with E-state index in [1.165, 1.54) is 19.3 Å². The van der Waals surface area contributed by atoms with Crippen molar-refractivity contribution in [3.63, 3.8) is 0 Å². The molecule has 1 aromatic carbocycles. The number of nitrogens with zero attached hydrogens (tertiary/aromatic N) is 1. The van der Waals surface area contributed by atoms with Gasteiger partial charge in [-0.15, -0.1) is 0 Å². The number of benzene rings is 1. The van der Waals surface area contributed by atoms with Crippen LogP contribution in [0.3, 0.4) is 0 Å². The number of aromatic carboxylic acids is 1. The van der Waals surface area contributed by atoms with Crippen molar-refractivity contribution in [1.82, 2.24) is 4.90 Å². The van der Waals surface area contributed by atoms with Crippen LogP contribution < -0.4 is 0 Å². The first-order chi connectivity index (χ1) is 9.18. The van der Waals surface area contributed by atoms with Gasteiger partial charge >= 0.3 is 5.97 Å². The molecule has 0 saturated heterocycles. The first-order valence-corrected chi connectivity index (χ1v) is 6.86. The van der Waals surface area contributed by atoms with Crippen molar-refractivity contribution in [3.8, 4) is 0 Å². The summed E-state index contributed by atoms with van der Waals surface area (Å²) in [5, 5.41) is 9.15. The zero-order chi connectivity index (χ0) is 13.7. The Hall–Kier alpha value is -1.61. The van der Waals surface area contributed by atoms with Crippen LogP contribution >= 0.6 is 0 Å². The second kappa shape index (κ2) is 6.53. The van der Waals surface area contributed by atoms with E-state index in [-0.39, 0.29) is 0 Å². The Bertz CT molecular complexity index is 468. The number of allylic oxidation sites excluding steroid dienone is 1. The molecule has 2 rings (SSSR count). The van der Waals surface area contributed by atoms with Crippen molar-refractivity contribution < 1.29 is 9.90 Å². The number of rotatable bonds is 5. The van der Waals surface area contributed by atoms with Gasteiger partial charge in [0.1, 0.15) is 0 Å². The van der Waals surface area contributed by atoms with Crippen LogP contribution in [0.25, 0.3) is 0 Å². The van der Waals surface area contributed by atoms with Gasteiger partial charge in [0.15, 0.2) is 0 Å². The van der Waals surface area contributed by atoms with Crippen LogP contribution in [-0.2, 0) is 6.42 Å². The lowest BCUT2D eigenvalue weighted by atomic mass is 10.0. The summed E-state index contributed by atoms with van der Waals surface area (Å²) >= 11 is 0. The molecule has 19 heavy (non-hydrogen) atoms. The summed E-state index contributed by atoms with van der Waals surface area (Å²) in [6.45, 7) is 0.888. The number of hydrogen-bond donors (Lipinski definition) is 1. The van der Waals surface area contributed by atoms with Crippen LogP contribution in [0.4, 0.5) is 0 Å². The molecule has 1 aliphatic rings. The third-order valence-electron chi connectivity index (χ3n) is 3.78. The van der Waals surface area contributed by atoms with Crippen molar-refractivity contribution in [2.75, 3.05) is 13.6 Å². The van der Waals surface area contributed by atoms with Gasteiger partial charge < -0.3 is 5.11 Å². The van der Waals surface area contributed by atoms with Gasteiger partial charge in [-0.3, -0.25) is 4.90 Å². The summed E-state index contributed by atoms with van der Waals surface area (Å²) in [7, 11) is 2.11. The zero-order valence-corrected chi connectivity index (χ0v) is 11.4. The van der Waals surface area contributed by atoms with Gasteiger partial charge in [-0.05, 0) is 44.4 Å². The van der Waals surface area contributed by atoms with Crippen LogP contribution in [-0.4, -0.2) is 35.6 Å². The van der Waals surface area contributed by atoms with Gasteiger partial charge in [0.2, 0.25) is 0 Å². The first kappa shape index (κ1) is 13.8. The minimum Gasteiger partial charge on any atom is -0.478 e. The third-order valence-corrected chi connectivity index (χ3v) is 3.78. The van der Waals surface area contributed by atoms with E-state index in [1.54, 1.807) is 12.1 Å². The molecule has 0 radical (unpaired) electrons. The van der Waals surface area contributed by atoms with Gasteiger partial charge in [0.05, 0.1) is 5.56 Å². The molecule has 0 aromatic heterocycles. The quantitative estimate of drug-likeness (QED) is 0.826. The van der Waals surface area contributed by atoms with Gasteiger partial charge in [0.25, 0.3) is 0 Å². The first-order valence-electron chi connectivity index (χ1n) is 6.86. The Morgan fingerprint density at radius 3 is 2.89 bits per heavy atom. The zero-order valence-electron chi connectivity index (χ0n) is 11.4. The largest absolute Gasteiger partial charge is 0.478 e. The lowest BCUT2D eigenvalue weighted by Gasteiger charge is -2.27. The normalized spacial score (nSPS) is 18.7. The molecule has 0 spiro atoms. The summed E-state index contributed by atoms with van der Waals surface area (Å²) in [4.78, 5) is 13.5. The molecule has 1 atom stereocenters. The van der Waals surface area contributed by atoms with Gasteiger partial charge in [-0.1, -0.05) is 30.4 Å². The minimum atomic E-state index is -0.837. The Kier molecular flexibility index (Phi) is 4.74. The van der Waals surface area contributed by atoms with E-state index in [0.717, 1.165) is 18.5 Å². The third kappa shape index (κ3) is 3.67. The highest BCUT2D eigenvalue weighted by Gasteiger charge is 2.15. The maximum absolute atomic E-state index is 11.1. The monoisotopic (exact) mass is 259 g/mol. The van der Waals surface area contributed by atoms with Crippen molar-refractivity contribution in [2.24, 2.45) is 0 Å². The molecule has 102 valence electrons. The molecule has 1 aliphatic carbocycles. The molecule has 0 fully saturated rings. The van der Waals surface area contributed by atoms with E-state index < -0.39 is 5.97 Å². The van der Waals surface area contributed by atoms with E-state index in [9.17, 15) is 4.79 Å². The van der Waals surface area contributed by atoms with Crippen LogP contribution in [0.15, 0.2) is 36.4 Å². The van der Waals surface area contributed by atoms with Gasteiger partial charge in [-0.25, -0.2) is 4.79 Å². The lowest BCUT2D eigenvalue weighted by Crippen LogP contribution is -2.33. The maximum atomic E-state index is 11.1. The molecule has 3 heteroatoms. The maximum Gasteiger partial charge on any atom is 0.335 e. The molecule has 1 aromatic rings. The second-order valence-electron chi connectivity index (χ2n) is 5.12. The predicted molar refractivity (Wildman–Crippen MR) is 76.5 cm³/mol. The van der Waals surface area contributed by atoms with Crippen molar-refractivity contribution in [3.05, 3.63) is 47.5 Å². The highest BCUT2D eigenvalue weighted by Crippen LogP contribution is 2.16. The van der Waals surface area contributed by atoms with Crippen molar-refractivity contribution in [1.29, 1.82) is 0 Å². The van der Waals surface area contributed by atoms with E-state index in [1.807, 2.05) is 12.1 Å². The topological polar surface area (TPSA) is 40.5 Å². The Morgan fingerprint density at radius 2 is 2.21 bits per heavy atom. The summed E-state index contributed by atoms with van der Waals surface area (Å²) in [6.07, 6.45) is 8.93. The lowest BCUT2D eigenvalue weighted by molar-refractivity contribution is 0.0695. The highest BCUT2D eigenvalue weighted by molar-refractivity contribution is 5.89. The Labute approximate surface area is 114 Å². The Morgan fingerprint density at radius 1 is 1.42 bits per heavy atom. The molecule has 3 nitrogen and oxygen atoms in total. The number of carbonyl (C=O) groups is 1.